The van der Waals surface area contributed by atoms with E-state index in [2.05, 4.69) is 35.1 Å². The Labute approximate surface area is 305 Å². The summed E-state index contributed by atoms with van der Waals surface area (Å²) in [6.45, 7) is 12.9. The van der Waals surface area contributed by atoms with Gasteiger partial charge >= 0.3 is 11.5 Å². The van der Waals surface area contributed by atoms with Crippen LogP contribution in [0.25, 0.3) is 33.8 Å². The van der Waals surface area contributed by atoms with Crippen molar-refractivity contribution in [3.05, 3.63) is 84.0 Å². The second kappa shape index (κ2) is 16.6. The Hall–Kier alpha value is -4.89. The fraction of sp³-hybridized carbons (Fsp3) is 0.389. The number of benzene rings is 2. The monoisotopic (exact) mass is 746 g/mol. The van der Waals surface area contributed by atoms with Crippen molar-refractivity contribution in [2.24, 2.45) is 0 Å². The average Bonchev–Trinajstić information content (AvgIpc) is 3.65. The summed E-state index contributed by atoms with van der Waals surface area (Å²) in [5, 5.41) is 10.8. The summed E-state index contributed by atoms with van der Waals surface area (Å²) >= 11 is 5.08. The molecule has 52 heavy (non-hydrogen) atoms. The van der Waals surface area contributed by atoms with Crippen LogP contribution in [0, 0.1) is 13.8 Å². The van der Waals surface area contributed by atoms with Crippen molar-refractivity contribution >= 4 is 22.9 Å². The molecule has 0 saturated carbocycles. The topological polar surface area (TPSA) is 114 Å². The molecule has 0 aliphatic rings. The zero-order chi connectivity index (χ0) is 36.4. The van der Waals surface area contributed by atoms with Crippen molar-refractivity contribution in [1.29, 1.82) is 0 Å². The van der Waals surface area contributed by atoms with E-state index in [0.717, 1.165) is 38.2 Å². The lowest BCUT2D eigenvalue weighted by molar-refractivity contribution is -0.251. The smallest absolute Gasteiger partial charge is 0.418 e. The van der Waals surface area contributed by atoms with Gasteiger partial charge in [-0.1, -0.05) is 14.9 Å². The van der Waals surface area contributed by atoms with E-state index in [1.807, 2.05) is 77.9 Å². The fourth-order valence-electron chi connectivity index (χ4n) is 5.06. The normalized spacial score (nSPS) is 11.7. The minimum atomic E-state index is -3.61. The van der Waals surface area contributed by atoms with Crippen LogP contribution in [0.2, 0.25) is 0 Å². The molecule has 0 spiro atoms. The highest BCUT2D eigenvalue weighted by Gasteiger charge is 2.38. The number of aryl methyl sites for hydroxylation is 2. The van der Waals surface area contributed by atoms with Crippen molar-refractivity contribution < 1.29 is 31.8 Å². The van der Waals surface area contributed by atoms with Gasteiger partial charge in [0.1, 0.15) is 11.5 Å². The lowest BCUT2D eigenvalue weighted by Gasteiger charge is -2.14. The van der Waals surface area contributed by atoms with Gasteiger partial charge in [-0.3, -0.25) is 18.8 Å². The number of nitrogens with zero attached hydrogens (tertiary/aromatic N) is 8. The van der Waals surface area contributed by atoms with Gasteiger partial charge in [0.2, 0.25) is 11.6 Å². The van der Waals surface area contributed by atoms with Gasteiger partial charge < -0.3 is 14.2 Å². The summed E-state index contributed by atoms with van der Waals surface area (Å²) in [5.74, 6) is 0.274. The van der Waals surface area contributed by atoms with E-state index in [4.69, 9.17) is 21.1 Å². The molecule has 0 unspecified atom stereocenters. The Balaban J connectivity index is 0.000000271. The molecule has 4 aromatic heterocycles. The predicted molar refractivity (Wildman–Crippen MR) is 192 cm³/mol. The van der Waals surface area contributed by atoms with Crippen LogP contribution in [0.4, 0.5) is 17.6 Å². The highest BCUT2D eigenvalue weighted by molar-refractivity contribution is 6.21. The third-order valence-corrected chi connectivity index (χ3v) is 7.29. The first-order valence-corrected chi connectivity index (χ1v) is 16.0. The number of halogens is 5. The van der Waals surface area contributed by atoms with Crippen LogP contribution in [0.1, 0.15) is 72.2 Å². The van der Waals surface area contributed by atoms with Crippen LogP contribution in [0.15, 0.2) is 61.2 Å². The fourth-order valence-corrected chi connectivity index (χ4v) is 5.19. The molecule has 6 rings (SSSR count). The average molecular weight is 747 g/mol. The molecule has 0 atom stereocenters. The van der Waals surface area contributed by atoms with Crippen LogP contribution >= 0.6 is 11.6 Å². The zero-order valence-corrected chi connectivity index (χ0v) is 29.1. The van der Waals surface area contributed by atoms with Gasteiger partial charge in [0, 0.05) is 23.5 Å². The highest BCUT2D eigenvalue weighted by atomic mass is 35.5. The lowest BCUT2D eigenvalue weighted by Crippen LogP contribution is -2.21. The number of hydrogen-bond acceptors (Lipinski definition) is 9. The first kappa shape index (κ1) is 41.5. The van der Waals surface area contributed by atoms with Gasteiger partial charge in [-0.25, -0.2) is 0 Å². The van der Waals surface area contributed by atoms with Gasteiger partial charge in [-0.2, -0.15) is 17.6 Å². The quantitative estimate of drug-likeness (QED) is 0.0999. The molecule has 0 saturated heterocycles. The van der Waals surface area contributed by atoms with E-state index in [0.29, 0.717) is 11.4 Å². The van der Waals surface area contributed by atoms with Crippen molar-refractivity contribution in [3.8, 4) is 34.0 Å². The summed E-state index contributed by atoms with van der Waals surface area (Å²) in [6.07, 6.45) is 2.33. The summed E-state index contributed by atoms with van der Waals surface area (Å²) in [4.78, 5) is 8.59. The Morgan fingerprint density at radius 2 is 1.12 bits per heavy atom. The molecule has 11 nitrogen and oxygen atoms in total. The Morgan fingerprint density at radius 1 is 0.692 bits per heavy atom. The van der Waals surface area contributed by atoms with E-state index < -0.39 is 23.1 Å². The van der Waals surface area contributed by atoms with E-state index in [-0.39, 0.29) is 45.0 Å². The third kappa shape index (κ3) is 9.31. The van der Waals surface area contributed by atoms with Crippen molar-refractivity contribution in [2.45, 2.75) is 87.0 Å². The largest absolute Gasteiger partial charge is 0.491 e. The SMILES string of the molecule is C.C.CCOC(F)(F)c1nnc2cnc(-c3ccc(OC(C)C)cc3C)cn12.Cc1cc(OC(C)C)ccc1-c1cn2c(C(F)(F)Cl)nnc2cn1. The molecule has 0 aliphatic heterocycles. The number of aromatic nitrogens is 8. The molecule has 4 heterocycles. The Bertz CT molecular complexity index is 2120. The molecule has 0 bridgehead atoms. The Kier molecular flexibility index (Phi) is 13.3. The molecule has 16 heteroatoms. The van der Waals surface area contributed by atoms with Crippen LogP contribution in [-0.2, 0) is 16.2 Å². The molecule has 0 radical (unpaired) electrons. The number of fused-ring (bicyclic) bond motifs is 2. The number of ether oxygens (including phenoxy) is 3. The molecular weight excluding hydrogens is 704 g/mol. The van der Waals surface area contributed by atoms with Gasteiger partial charge in [0.15, 0.2) is 11.3 Å². The van der Waals surface area contributed by atoms with Crippen molar-refractivity contribution in [2.75, 3.05) is 6.61 Å². The number of hydrogen-bond donors (Lipinski definition) is 0. The maximum atomic E-state index is 14.1. The molecule has 0 aliphatic carbocycles. The molecule has 6 aromatic rings. The molecular formula is C36H43ClF4N8O3. The minimum Gasteiger partial charge on any atom is -0.491 e. The molecule has 0 amide bonds. The van der Waals surface area contributed by atoms with Crippen molar-refractivity contribution in [1.82, 2.24) is 39.2 Å². The van der Waals surface area contributed by atoms with E-state index in [1.165, 1.54) is 36.1 Å². The zero-order valence-electron chi connectivity index (χ0n) is 28.3. The minimum absolute atomic E-state index is 0. The van der Waals surface area contributed by atoms with E-state index in [9.17, 15) is 17.6 Å². The third-order valence-electron chi connectivity index (χ3n) is 7.12. The van der Waals surface area contributed by atoms with Gasteiger partial charge in [0.25, 0.3) is 0 Å². The molecule has 280 valence electrons. The Morgan fingerprint density at radius 3 is 1.50 bits per heavy atom. The van der Waals surface area contributed by atoms with Gasteiger partial charge in [-0.05, 0) is 108 Å². The van der Waals surface area contributed by atoms with Crippen LogP contribution < -0.4 is 9.47 Å². The maximum absolute atomic E-state index is 14.1. The first-order valence-electron chi connectivity index (χ1n) is 15.6. The maximum Gasteiger partial charge on any atom is 0.418 e. The second-order valence-electron chi connectivity index (χ2n) is 11.8. The standard InChI is InChI=1S/C18H20F2N4O2.C16H15ClF2N4O.2CH4/c1-5-25-18(19,20)17-23-22-16-9-21-15(10-24(16)17)14-7-6-13(8-12(14)4)26-11(2)3;1-9(2)24-11-4-5-12(10(3)6-11)13-8-23-14(7-20-13)21-22-15(23)16(17,18)19;;/h6-11H,5H2,1-4H3;4-9H,1-3H3;2*1H4. The molecule has 2 aromatic carbocycles. The number of alkyl halides is 5. The van der Waals surface area contributed by atoms with Gasteiger partial charge in [-0.15, -0.1) is 20.4 Å². The summed E-state index contributed by atoms with van der Waals surface area (Å²) in [5.41, 5.74) is 4.89. The van der Waals surface area contributed by atoms with Gasteiger partial charge in [0.05, 0.1) is 42.6 Å². The van der Waals surface area contributed by atoms with Crippen molar-refractivity contribution in [3.63, 3.8) is 0 Å². The van der Waals surface area contributed by atoms with E-state index >= 15 is 0 Å². The van der Waals surface area contributed by atoms with E-state index in [1.54, 1.807) is 0 Å². The summed E-state index contributed by atoms with van der Waals surface area (Å²) < 4.78 is 73.3. The van der Waals surface area contributed by atoms with Crippen LogP contribution in [0.3, 0.4) is 0 Å². The van der Waals surface area contributed by atoms with Crippen LogP contribution in [0.5, 0.6) is 11.5 Å². The lowest BCUT2D eigenvalue weighted by atomic mass is 10.1. The number of rotatable bonds is 10. The second-order valence-corrected chi connectivity index (χ2v) is 12.3. The molecule has 0 N–H and O–H groups in total. The highest BCUT2D eigenvalue weighted by Crippen LogP contribution is 2.33. The first-order chi connectivity index (χ1) is 23.6. The predicted octanol–water partition coefficient (Wildman–Crippen LogP) is 9.42. The summed E-state index contributed by atoms with van der Waals surface area (Å²) in [6, 6.07) is 11.1. The molecule has 0 fully saturated rings. The summed E-state index contributed by atoms with van der Waals surface area (Å²) in [7, 11) is 0. The van der Waals surface area contributed by atoms with Crippen LogP contribution in [-0.4, -0.2) is 58.0 Å².